The lowest BCUT2D eigenvalue weighted by Crippen LogP contribution is -2.21. The number of amides is 1. The maximum Gasteiger partial charge on any atom is 0.253 e. The minimum absolute atomic E-state index is 0.103. The number of aromatic nitrogens is 1. The minimum atomic E-state index is -0.103. The fourth-order valence-electron chi connectivity index (χ4n) is 4.81. The van der Waals surface area contributed by atoms with E-state index in [-0.39, 0.29) is 5.91 Å². The van der Waals surface area contributed by atoms with E-state index in [1.165, 1.54) is 4.90 Å². The van der Waals surface area contributed by atoms with Gasteiger partial charge in [-0.05, 0) is 54.3 Å². The largest absolute Gasteiger partial charge is 0.496 e. The van der Waals surface area contributed by atoms with E-state index in [9.17, 15) is 10.1 Å². The van der Waals surface area contributed by atoms with Gasteiger partial charge in [0.15, 0.2) is 5.58 Å². The quantitative estimate of drug-likeness (QED) is 0.370. The summed E-state index contributed by atoms with van der Waals surface area (Å²) in [4.78, 5) is 20.7. The van der Waals surface area contributed by atoms with Crippen LogP contribution in [-0.2, 0) is 0 Å². The Morgan fingerprint density at radius 3 is 2.69 bits per heavy atom. The molecule has 3 heterocycles. The lowest BCUT2D eigenvalue weighted by atomic mass is 10.0. The van der Waals surface area contributed by atoms with Crippen LogP contribution in [-0.4, -0.2) is 50.1 Å². The molecule has 0 aliphatic carbocycles. The van der Waals surface area contributed by atoms with Crippen molar-refractivity contribution >= 4 is 22.7 Å². The molecule has 0 N–H and O–H groups in total. The van der Waals surface area contributed by atoms with Crippen molar-refractivity contribution in [3.8, 4) is 34.3 Å². The summed E-state index contributed by atoms with van der Waals surface area (Å²) in [5.74, 6) is 1.66. The lowest BCUT2D eigenvalue weighted by Gasteiger charge is -2.20. The SMILES string of the molecule is COc1cc(C(=O)N(C)C)ccc1-c1cc2nccc(-c3ccc(N4CC[C@H](C)C4)c(C#N)c3)c2o1. The second-order valence-electron chi connectivity index (χ2n) is 9.48. The standard InChI is InChI=1S/C29H28N4O3/c1-18-10-12-33(17-18)25-8-6-19(13-21(25)16-30)22-9-11-31-24-15-27(36-28(22)24)23-7-5-20(14-26(23)35-4)29(34)32(2)3/h5-9,11,13-15,18H,10,12,17H2,1-4H3/t18-/m0/s1. The Kier molecular flexibility index (Phi) is 6.11. The van der Waals surface area contributed by atoms with Crippen LogP contribution in [0.4, 0.5) is 5.69 Å². The van der Waals surface area contributed by atoms with Gasteiger partial charge in [0.25, 0.3) is 5.91 Å². The number of pyridine rings is 1. The summed E-state index contributed by atoms with van der Waals surface area (Å²) in [5, 5.41) is 9.88. The number of nitrogens with zero attached hydrogens (tertiary/aromatic N) is 4. The fraction of sp³-hybridized carbons (Fsp3) is 0.276. The van der Waals surface area contributed by atoms with Gasteiger partial charge >= 0.3 is 0 Å². The minimum Gasteiger partial charge on any atom is -0.496 e. The van der Waals surface area contributed by atoms with E-state index in [1.54, 1.807) is 39.5 Å². The number of benzene rings is 2. The van der Waals surface area contributed by atoms with Gasteiger partial charge in [0.2, 0.25) is 0 Å². The van der Waals surface area contributed by atoms with Crippen LogP contribution in [0.5, 0.6) is 5.75 Å². The normalized spacial score (nSPS) is 15.2. The maximum absolute atomic E-state index is 12.4. The molecule has 0 unspecified atom stereocenters. The first-order valence-corrected chi connectivity index (χ1v) is 12.0. The molecule has 4 aromatic rings. The van der Waals surface area contributed by atoms with Gasteiger partial charge in [-0.15, -0.1) is 0 Å². The molecule has 7 heteroatoms. The van der Waals surface area contributed by atoms with Crippen molar-refractivity contribution in [1.29, 1.82) is 5.26 Å². The third-order valence-electron chi connectivity index (χ3n) is 6.72. The Morgan fingerprint density at radius 1 is 1.17 bits per heavy atom. The molecule has 5 rings (SSSR count). The molecule has 0 bridgehead atoms. The number of ether oxygens (including phenoxy) is 1. The van der Waals surface area contributed by atoms with E-state index in [1.807, 2.05) is 36.4 Å². The summed E-state index contributed by atoms with van der Waals surface area (Å²) in [7, 11) is 5.00. The molecule has 1 aliphatic heterocycles. The van der Waals surface area contributed by atoms with Crippen LogP contribution < -0.4 is 9.64 Å². The molecule has 1 atom stereocenters. The van der Waals surface area contributed by atoms with Crippen molar-refractivity contribution in [2.75, 3.05) is 39.2 Å². The molecule has 1 amide bonds. The van der Waals surface area contributed by atoms with Crippen LogP contribution in [0, 0.1) is 17.2 Å². The summed E-state index contributed by atoms with van der Waals surface area (Å²) >= 11 is 0. The molecule has 182 valence electrons. The Bertz CT molecular complexity index is 1500. The zero-order valence-corrected chi connectivity index (χ0v) is 20.9. The van der Waals surface area contributed by atoms with Crippen LogP contribution in [0.15, 0.2) is 59.1 Å². The van der Waals surface area contributed by atoms with E-state index in [4.69, 9.17) is 9.15 Å². The molecule has 2 aromatic carbocycles. The predicted octanol–water partition coefficient (Wildman–Crippen LogP) is 5.59. The van der Waals surface area contributed by atoms with Gasteiger partial charge in [0.1, 0.15) is 23.1 Å². The lowest BCUT2D eigenvalue weighted by molar-refractivity contribution is 0.0827. The Labute approximate surface area is 210 Å². The van der Waals surface area contributed by atoms with Gasteiger partial charge in [-0.25, -0.2) is 0 Å². The number of rotatable bonds is 5. The highest BCUT2D eigenvalue weighted by atomic mass is 16.5. The monoisotopic (exact) mass is 480 g/mol. The number of nitriles is 1. The van der Waals surface area contributed by atoms with Gasteiger partial charge in [-0.1, -0.05) is 13.0 Å². The molecule has 2 aromatic heterocycles. The molecule has 1 saturated heterocycles. The van der Waals surface area contributed by atoms with E-state index < -0.39 is 0 Å². The van der Waals surface area contributed by atoms with Crippen LogP contribution in [0.1, 0.15) is 29.3 Å². The molecule has 0 radical (unpaired) electrons. The number of anilines is 1. The van der Waals surface area contributed by atoms with Crippen LogP contribution >= 0.6 is 0 Å². The Hall–Kier alpha value is -4.31. The van der Waals surface area contributed by atoms with E-state index in [0.717, 1.165) is 41.9 Å². The van der Waals surface area contributed by atoms with Gasteiger partial charge in [0.05, 0.1) is 23.9 Å². The highest BCUT2D eigenvalue weighted by Crippen LogP contribution is 2.39. The maximum atomic E-state index is 12.4. The average Bonchev–Trinajstić information content (AvgIpc) is 3.53. The fourth-order valence-corrected chi connectivity index (χ4v) is 4.81. The predicted molar refractivity (Wildman–Crippen MR) is 140 cm³/mol. The van der Waals surface area contributed by atoms with Gasteiger partial charge in [-0.3, -0.25) is 9.78 Å². The van der Waals surface area contributed by atoms with Crippen molar-refractivity contribution in [2.24, 2.45) is 5.92 Å². The molecule has 0 saturated carbocycles. The van der Waals surface area contributed by atoms with Gasteiger partial charge in [0, 0.05) is 50.6 Å². The number of methoxy groups -OCH3 is 1. The van der Waals surface area contributed by atoms with Crippen molar-refractivity contribution < 1.29 is 13.9 Å². The summed E-state index contributed by atoms with van der Waals surface area (Å²) in [6, 6.07) is 17.5. The van der Waals surface area contributed by atoms with Crippen LogP contribution in [0.3, 0.4) is 0 Å². The van der Waals surface area contributed by atoms with E-state index in [0.29, 0.717) is 39.7 Å². The number of furan rings is 1. The second-order valence-corrected chi connectivity index (χ2v) is 9.48. The second kappa shape index (κ2) is 9.38. The summed E-state index contributed by atoms with van der Waals surface area (Å²) < 4.78 is 11.9. The first-order valence-electron chi connectivity index (χ1n) is 12.0. The number of carbonyl (C=O) groups is 1. The average molecular weight is 481 g/mol. The highest BCUT2D eigenvalue weighted by molar-refractivity contribution is 5.96. The number of fused-ring (bicyclic) bond motifs is 1. The third-order valence-corrected chi connectivity index (χ3v) is 6.72. The van der Waals surface area contributed by atoms with Crippen molar-refractivity contribution in [2.45, 2.75) is 13.3 Å². The topological polar surface area (TPSA) is 82.6 Å². The summed E-state index contributed by atoms with van der Waals surface area (Å²) in [5.41, 5.74) is 6.00. The smallest absolute Gasteiger partial charge is 0.253 e. The van der Waals surface area contributed by atoms with Crippen LogP contribution in [0.25, 0.3) is 33.6 Å². The summed E-state index contributed by atoms with van der Waals surface area (Å²) in [6.45, 7) is 4.18. The Balaban J connectivity index is 1.56. The Morgan fingerprint density at radius 2 is 2.00 bits per heavy atom. The molecule has 1 aliphatic rings. The van der Waals surface area contributed by atoms with Crippen molar-refractivity contribution in [3.63, 3.8) is 0 Å². The van der Waals surface area contributed by atoms with Gasteiger partial charge < -0.3 is 19.0 Å². The van der Waals surface area contributed by atoms with E-state index >= 15 is 0 Å². The molecular formula is C29H28N4O3. The zero-order valence-electron chi connectivity index (χ0n) is 20.9. The molecule has 36 heavy (non-hydrogen) atoms. The van der Waals surface area contributed by atoms with Crippen LogP contribution in [0.2, 0.25) is 0 Å². The third kappa shape index (κ3) is 4.16. The zero-order chi connectivity index (χ0) is 25.4. The molecule has 0 spiro atoms. The first kappa shape index (κ1) is 23.4. The summed E-state index contributed by atoms with van der Waals surface area (Å²) in [6.07, 6.45) is 2.88. The molecule has 1 fully saturated rings. The molecular weight excluding hydrogens is 452 g/mol. The first-order chi connectivity index (χ1) is 17.4. The van der Waals surface area contributed by atoms with Crippen molar-refractivity contribution in [3.05, 3.63) is 65.9 Å². The van der Waals surface area contributed by atoms with E-state index in [2.05, 4.69) is 22.9 Å². The van der Waals surface area contributed by atoms with Gasteiger partial charge in [-0.2, -0.15) is 5.26 Å². The van der Waals surface area contributed by atoms with Crippen molar-refractivity contribution in [1.82, 2.24) is 9.88 Å². The highest BCUT2D eigenvalue weighted by Gasteiger charge is 2.22. The number of hydrogen-bond acceptors (Lipinski definition) is 6. The molecule has 7 nitrogen and oxygen atoms in total. The number of carbonyl (C=O) groups excluding carboxylic acids is 1. The number of hydrogen-bond donors (Lipinski definition) is 0.